The van der Waals surface area contributed by atoms with E-state index in [1.807, 2.05) is 4.90 Å². The molecule has 0 bridgehead atoms. The van der Waals surface area contributed by atoms with Crippen LogP contribution in [-0.2, 0) is 4.79 Å². The Kier molecular flexibility index (Phi) is 3.68. The van der Waals surface area contributed by atoms with Crippen molar-refractivity contribution >= 4 is 29.1 Å². The number of nitrogens with zero attached hydrogens (tertiary/aromatic N) is 5. The highest BCUT2D eigenvalue weighted by Gasteiger charge is 2.16. The second-order valence-electron chi connectivity index (χ2n) is 4.73. The summed E-state index contributed by atoms with van der Waals surface area (Å²) in [7, 11) is 0. The molecule has 0 aliphatic carbocycles. The number of hydrogen-bond donors (Lipinski definition) is 1. The highest BCUT2D eigenvalue weighted by molar-refractivity contribution is 6.29. The van der Waals surface area contributed by atoms with Crippen LogP contribution < -0.4 is 5.32 Å². The van der Waals surface area contributed by atoms with Crippen LogP contribution in [0.3, 0.4) is 0 Å². The van der Waals surface area contributed by atoms with Crippen molar-refractivity contribution in [1.82, 2.24) is 24.5 Å². The number of hydrogen-bond acceptors (Lipinski definition) is 5. The smallest absolute Gasteiger partial charge is 0.255 e. The molecular weight excluding hydrogens is 280 g/mol. The molecule has 3 rings (SSSR count). The zero-order valence-corrected chi connectivity index (χ0v) is 11.7. The number of aromatic nitrogens is 4. The van der Waals surface area contributed by atoms with E-state index in [0.29, 0.717) is 16.7 Å². The molecular formula is C12H15ClN6O. The van der Waals surface area contributed by atoms with Crippen LogP contribution in [0.25, 0.3) is 5.78 Å². The van der Waals surface area contributed by atoms with Crippen LogP contribution >= 0.6 is 11.6 Å². The van der Waals surface area contributed by atoms with Crippen LogP contribution in [0.4, 0.5) is 5.82 Å². The van der Waals surface area contributed by atoms with Gasteiger partial charge in [0.2, 0.25) is 5.91 Å². The molecule has 1 saturated heterocycles. The maximum Gasteiger partial charge on any atom is 0.255 e. The van der Waals surface area contributed by atoms with Crippen molar-refractivity contribution in [3.8, 4) is 0 Å². The summed E-state index contributed by atoms with van der Waals surface area (Å²) in [6.07, 6.45) is 4.77. The highest BCUT2D eigenvalue weighted by Crippen LogP contribution is 2.14. The van der Waals surface area contributed by atoms with Crippen LogP contribution in [0.1, 0.15) is 19.3 Å². The minimum Gasteiger partial charge on any atom is -0.361 e. The van der Waals surface area contributed by atoms with Crippen LogP contribution in [0.5, 0.6) is 0 Å². The summed E-state index contributed by atoms with van der Waals surface area (Å²) in [4.78, 5) is 22.0. The van der Waals surface area contributed by atoms with Gasteiger partial charge in [-0.05, 0) is 19.3 Å². The van der Waals surface area contributed by atoms with Crippen molar-refractivity contribution in [2.45, 2.75) is 19.3 Å². The van der Waals surface area contributed by atoms with Crippen molar-refractivity contribution in [1.29, 1.82) is 0 Å². The van der Waals surface area contributed by atoms with Crippen molar-refractivity contribution in [2.75, 3.05) is 25.0 Å². The molecule has 20 heavy (non-hydrogen) atoms. The van der Waals surface area contributed by atoms with Gasteiger partial charge in [-0.2, -0.15) is 19.6 Å². The molecule has 7 nitrogen and oxygen atoms in total. The first-order valence-corrected chi connectivity index (χ1v) is 7.00. The normalized spacial score (nSPS) is 15.6. The molecule has 1 aliphatic heterocycles. The van der Waals surface area contributed by atoms with Gasteiger partial charge in [-0.25, -0.2) is 0 Å². The fourth-order valence-corrected chi connectivity index (χ4v) is 2.51. The van der Waals surface area contributed by atoms with E-state index in [0.717, 1.165) is 25.9 Å². The molecule has 1 aliphatic rings. The molecule has 106 valence electrons. The Labute approximate surface area is 121 Å². The van der Waals surface area contributed by atoms with Crippen LogP contribution in [-0.4, -0.2) is 50.0 Å². The van der Waals surface area contributed by atoms with E-state index in [4.69, 9.17) is 11.6 Å². The number of halogens is 1. The van der Waals surface area contributed by atoms with Crippen LogP contribution in [0.15, 0.2) is 12.4 Å². The van der Waals surface area contributed by atoms with E-state index in [1.54, 1.807) is 6.07 Å². The lowest BCUT2D eigenvalue weighted by atomic mass is 10.1. The molecule has 0 atom stereocenters. The second kappa shape index (κ2) is 5.62. The predicted molar refractivity (Wildman–Crippen MR) is 74.7 cm³/mol. The molecule has 1 fully saturated rings. The van der Waals surface area contributed by atoms with Gasteiger partial charge < -0.3 is 10.2 Å². The van der Waals surface area contributed by atoms with E-state index in [9.17, 15) is 4.79 Å². The Bertz CT molecular complexity index is 621. The van der Waals surface area contributed by atoms with E-state index < -0.39 is 0 Å². The third-order valence-corrected chi connectivity index (χ3v) is 3.54. The monoisotopic (exact) mass is 294 g/mol. The third-order valence-electron chi connectivity index (χ3n) is 3.35. The number of piperidine rings is 1. The maximum absolute atomic E-state index is 12.1. The standard InChI is InChI=1S/C12H15ClN6O/c13-9-6-10(19-12(17-9)15-8-16-19)14-7-11(20)18-4-2-1-3-5-18/h6,8,14H,1-5,7H2. The number of carbonyl (C=O) groups excluding carboxylic acids is 1. The number of anilines is 1. The third kappa shape index (κ3) is 2.67. The second-order valence-corrected chi connectivity index (χ2v) is 5.12. The summed E-state index contributed by atoms with van der Waals surface area (Å²) >= 11 is 5.92. The number of fused-ring (bicyclic) bond motifs is 1. The predicted octanol–water partition coefficient (Wildman–Crippen LogP) is 1.20. The van der Waals surface area contributed by atoms with Gasteiger partial charge in [0, 0.05) is 19.2 Å². The number of likely N-dealkylation sites (tertiary alicyclic amines) is 1. The highest BCUT2D eigenvalue weighted by atomic mass is 35.5. The SMILES string of the molecule is O=C(CNc1cc(Cl)nc2ncnn12)N1CCCCC1. The van der Waals surface area contributed by atoms with Crippen molar-refractivity contribution < 1.29 is 4.79 Å². The lowest BCUT2D eigenvalue weighted by Gasteiger charge is -2.26. The number of carbonyl (C=O) groups is 1. The van der Waals surface area contributed by atoms with Gasteiger partial charge in [-0.3, -0.25) is 4.79 Å². The van der Waals surface area contributed by atoms with Crippen molar-refractivity contribution in [3.63, 3.8) is 0 Å². The molecule has 0 spiro atoms. The average Bonchev–Trinajstić information content (AvgIpc) is 2.93. The van der Waals surface area contributed by atoms with Crippen molar-refractivity contribution in [2.24, 2.45) is 0 Å². The minimum atomic E-state index is 0.0888. The quantitative estimate of drug-likeness (QED) is 0.861. The Balaban J connectivity index is 1.70. The van der Waals surface area contributed by atoms with E-state index in [1.165, 1.54) is 17.3 Å². The molecule has 0 aromatic carbocycles. The lowest BCUT2D eigenvalue weighted by molar-refractivity contribution is -0.130. The molecule has 2 aromatic heterocycles. The fraction of sp³-hybridized carbons (Fsp3) is 0.500. The van der Waals surface area contributed by atoms with Crippen LogP contribution in [0, 0.1) is 0 Å². The molecule has 2 aromatic rings. The van der Waals surface area contributed by atoms with Gasteiger partial charge in [-0.15, -0.1) is 0 Å². The summed E-state index contributed by atoms with van der Waals surface area (Å²) in [6.45, 7) is 1.90. The van der Waals surface area contributed by atoms with Crippen molar-refractivity contribution in [3.05, 3.63) is 17.5 Å². The van der Waals surface area contributed by atoms with Gasteiger partial charge in [0.1, 0.15) is 17.3 Å². The fourth-order valence-electron chi connectivity index (χ4n) is 2.33. The molecule has 3 heterocycles. The zero-order chi connectivity index (χ0) is 13.9. The Morgan fingerprint density at radius 2 is 2.15 bits per heavy atom. The minimum absolute atomic E-state index is 0.0888. The molecule has 1 amide bonds. The molecule has 0 unspecified atom stereocenters. The van der Waals surface area contributed by atoms with Gasteiger partial charge in [-0.1, -0.05) is 11.6 Å². The van der Waals surface area contributed by atoms with Gasteiger partial charge in [0.15, 0.2) is 0 Å². The first-order chi connectivity index (χ1) is 9.74. The number of rotatable bonds is 3. The summed E-state index contributed by atoms with van der Waals surface area (Å²) in [5.74, 6) is 1.11. The van der Waals surface area contributed by atoms with Gasteiger partial charge >= 0.3 is 0 Å². The van der Waals surface area contributed by atoms with E-state index >= 15 is 0 Å². The summed E-state index contributed by atoms with van der Waals surface area (Å²) in [5.41, 5.74) is 0. The van der Waals surface area contributed by atoms with Crippen LogP contribution in [0.2, 0.25) is 5.15 Å². The molecule has 0 radical (unpaired) electrons. The Hall–Kier alpha value is -1.89. The number of amides is 1. The van der Waals surface area contributed by atoms with Gasteiger partial charge in [0.05, 0.1) is 6.54 Å². The number of nitrogens with one attached hydrogen (secondary N) is 1. The largest absolute Gasteiger partial charge is 0.361 e. The van der Waals surface area contributed by atoms with E-state index in [2.05, 4.69) is 20.4 Å². The Morgan fingerprint density at radius 3 is 2.95 bits per heavy atom. The lowest BCUT2D eigenvalue weighted by Crippen LogP contribution is -2.39. The first kappa shape index (κ1) is 13.1. The molecule has 1 N–H and O–H groups in total. The maximum atomic E-state index is 12.1. The van der Waals surface area contributed by atoms with Gasteiger partial charge in [0.25, 0.3) is 5.78 Å². The molecule has 8 heteroatoms. The first-order valence-electron chi connectivity index (χ1n) is 6.62. The zero-order valence-electron chi connectivity index (χ0n) is 10.9. The topological polar surface area (TPSA) is 75.4 Å². The van der Waals surface area contributed by atoms with E-state index in [-0.39, 0.29) is 12.5 Å². The Morgan fingerprint density at radius 1 is 1.35 bits per heavy atom. The average molecular weight is 295 g/mol. The molecule has 0 saturated carbocycles. The summed E-state index contributed by atoms with van der Waals surface area (Å²) in [5, 5.41) is 7.42. The summed E-state index contributed by atoms with van der Waals surface area (Å²) in [6, 6.07) is 1.63. The summed E-state index contributed by atoms with van der Waals surface area (Å²) < 4.78 is 1.52.